The number of rotatable bonds is 4. The van der Waals surface area contributed by atoms with E-state index in [2.05, 4.69) is 5.10 Å². The lowest BCUT2D eigenvalue weighted by Crippen LogP contribution is -2.33. The van der Waals surface area contributed by atoms with Crippen LogP contribution in [0, 0.1) is 11.6 Å². The van der Waals surface area contributed by atoms with Crippen LogP contribution in [0.4, 0.5) is 14.6 Å². The second kappa shape index (κ2) is 5.52. The average molecular weight is 367 g/mol. The number of hydrogen-bond donors (Lipinski definition) is 0. The van der Waals surface area contributed by atoms with Crippen molar-refractivity contribution in [3.8, 4) is 0 Å². The Labute approximate surface area is 145 Å². The fourth-order valence-corrected chi connectivity index (χ4v) is 5.08. The molecule has 1 saturated heterocycles. The largest absolute Gasteiger partial charge is 0.349 e. The van der Waals surface area contributed by atoms with Crippen LogP contribution in [-0.2, 0) is 10.0 Å². The highest BCUT2D eigenvalue weighted by atomic mass is 32.2. The van der Waals surface area contributed by atoms with E-state index in [0.717, 1.165) is 22.6 Å². The van der Waals surface area contributed by atoms with Gasteiger partial charge < -0.3 is 4.90 Å². The molecule has 5 nitrogen and oxygen atoms in total. The summed E-state index contributed by atoms with van der Waals surface area (Å²) in [5, 5.41) is 4.03. The lowest BCUT2D eigenvalue weighted by molar-refractivity contribution is 0.553. The summed E-state index contributed by atoms with van der Waals surface area (Å²) in [7, 11) is -3.62. The molecule has 4 rings (SSSR count). The highest BCUT2D eigenvalue weighted by Gasteiger charge is 2.52. The van der Waals surface area contributed by atoms with E-state index in [9.17, 15) is 17.2 Å². The third-order valence-electron chi connectivity index (χ3n) is 5.26. The summed E-state index contributed by atoms with van der Waals surface area (Å²) >= 11 is 0. The zero-order chi connectivity index (χ0) is 17.8. The number of benzene rings is 1. The van der Waals surface area contributed by atoms with Gasteiger partial charge in [-0.25, -0.2) is 17.2 Å². The topological polar surface area (TPSA) is 55.2 Å². The molecule has 2 heterocycles. The molecule has 2 fully saturated rings. The average Bonchev–Trinajstić information content (AvgIpc) is 3.02. The minimum absolute atomic E-state index is 0.250. The van der Waals surface area contributed by atoms with Crippen molar-refractivity contribution in [2.45, 2.75) is 43.4 Å². The monoisotopic (exact) mass is 367 g/mol. The third kappa shape index (κ3) is 2.54. The van der Waals surface area contributed by atoms with Crippen LogP contribution in [0.15, 0.2) is 30.5 Å². The van der Waals surface area contributed by atoms with Crippen molar-refractivity contribution in [3.63, 3.8) is 0 Å². The number of aromatic nitrogens is 2. The van der Waals surface area contributed by atoms with E-state index in [1.807, 2.05) is 4.90 Å². The fourth-order valence-electron chi connectivity index (χ4n) is 3.45. The lowest BCUT2D eigenvalue weighted by atomic mass is 10.0. The Balaban J connectivity index is 1.76. The van der Waals surface area contributed by atoms with Crippen molar-refractivity contribution in [2.24, 2.45) is 0 Å². The Hall–Kier alpha value is -1.96. The molecule has 0 N–H and O–H groups in total. The molecule has 0 spiro atoms. The molecule has 2 aromatic rings. The van der Waals surface area contributed by atoms with Gasteiger partial charge in [-0.05, 0) is 50.8 Å². The van der Waals surface area contributed by atoms with Crippen molar-refractivity contribution in [3.05, 3.63) is 47.7 Å². The molecule has 0 amide bonds. The first-order valence-corrected chi connectivity index (χ1v) is 9.78. The summed E-state index contributed by atoms with van der Waals surface area (Å²) in [5.74, 6) is -0.574. The molecule has 2 aliphatic rings. The van der Waals surface area contributed by atoms with E-state index < -0.39 is 32.4 Å². The van der Waals surface area contributed by atoms with E-state index in [-0.39, 0.29) is 5.56 Å². The van der Waals surface area contributed by atoms with Crippen LogP contribution < -0.4 is 4.90 Å². The van der Waals surface area contributed by atoms with E-state index in [4.69, 9.17) is 0 Å². The zero-order valence-corrected chi connectivity index (χ0v) is 14.6. The highest BCUT2D eigenvalue weighted by molar-refractivity contribution is 7.91. The van der Waals surface area contributed by atoms with Crippen LogP contribution in [-0.4, -0.2) is 28.9 Å². The van der Waals surface area contributed by atoms with Crippen molar-refractivity contribution in [1.82, 2.24) is 9.19 Å². The van der Waals surface area contributed by atoms with Gasteiger partial charge in [-0.15, -0.1) is 4.09 Å². The van der Waals surface area contributed by atoms with E-state index in [0.29, 0.717) is 31.6 Å². The van der Waals surface area contributed by atoms with E-state index in [1.54, 1.807) is 13.0 Å². The number of anilines is 1. The van der Waals surface area contributed by atoms with Crippen LogP contribution in [0.2, 0.25) is 0 Å². The quantitative estimate of drug-likeness (QED) is 0.833. The standard InChI is InChI=1S/C17H19F2N3O2S/c1-17(7-8-17)25(23,24)22-16(6-9-20-22)21-10-2-3-15(21)13-11-12(18)4-5-14(13)19/h4-6,9,11,15H,2-3,7-8,10H2,1H3/t15-/m1/s1. The molecule has 1 saturated carbocycles. The van der Waals surface area contributed by atoms with Gasteiger partial charge in [0.2, 0.25) is 0 Å². The summed E-state index contributed by atoms with van der Waals surface area (Å²) in [4.78, 5) is 1.81. The molecule has 0 unspecified atom stereocenters. The van der Waals surface area contributed by atoms with Gasteiger partial charge in [0, 0.05) is 18.2 Å². The van der Waals surface area contributed by atoms with Gasteiger partial charge in [0.05, 0.1) is 17.0 Å². The second-order valence-electron chi connectivity index (χ2n) is 7.00. The Bertz CT molecular complexity index is 922. The molecule has 1 aromatic carbocycles. The molecule has 1 aliphatic carbocycles. The van der Waals surface area contributed by atoms with E-state index >= 15 is 0 Å². The van der Waals surface area contributed by atoms with Gasteiger partial charge in [-0.2, -0.15) is 5.10 Å². The maximum absolute atomic E-state index is 14.2. The predicted octanol–water partition coefficient (Wildman–Crippen LogP) is 3.23. The van der Waals surface area contributed by atoms with Crippen LogP contribution in [0.1, 0.15) is 44.2 Å². The van der Waals surface area contributed by atoms with Crippen LogP contribution in [0.5, 0.6) is 0 Å². The Morgan fingerprint density at radius 3 is 2.72 bits per heavy atom. The summed E-state index contributed by atoms with van der Waals surface area (Å²) in [6, 6.07) is 4.60. The maximum Gasteiger partial charge on any atom is 0.261 e. The van der Waals surface area contributed by atoms with Crippen molar-refractivity contribution >= 4 is 15.8 Å². The lowest BCUT2D eigenvalue weighted by Gasteiger charge is -2.28. The molecule has 1 aliphatic heterocycles. The molecule has 0 bridgehead atoms. The third-order valence-corrected chi connectivity index (χ3v) is 7.65. The van der Waals surface area contributed by atoms with Gasteiger partial charge in [-0.1, -0.05) is 0 Å². The molecule has 25 heavy (non-hydrogen) atoms. The predicted molar refractivity (Wildman–Crippen MR) is 89.9 cm³/mol. The summed E-state index contributed by atoms with van der Waals surface area (Å²) in [6.07, 6.45) is 4.05. The second-order valence-corrected chi connectivity index (χ2v) is 9.29. The fraction of sp³-hybridized carbons (Fsp3) is 0.471. The van der Waals surface area contributed by atoms with Gasteiger partial charge in [0.15, 0.2) is 0 Å². The summed E-state index contributed by atoms with van der Waals surface area (Å²) in [6.45, 7) is 2.28. The number of halogens is 2. The first-order valence-electron chi connectivity index (χ1n) is 8.34. The Morgan fingerprint density at radius 2 is 2.00 bits per heavy atom. The molecule has 134 valence electrons. The van der Waals surface area contributed by atoms with Crippen LogP contribution in [0.3, 0.4) is 0 Å². The van der Waals surface area contributed by atoms with Gasteiger partial charge >= 0.3 is 0 Å². The highest BCUT2D eigenvalue weighted by Crippen LogP contribution is 2.45. The molecule has 8 heteroatoms. The minimum atomic E-state index is -3.62. The van der Waals surface area contributed by atoms with Gasteiger partial charge in [0.1, 0.15) is 17.5 Å². The van der Waals surface area contributed by atoms with E-state index in [1.165, 1.54) is 12.3 Å². The van der Waals surface area contributed by atoms with Crippen LogP contribution in [0.25, 0.3) is 0 Å². The normalized spacial score (nSPS) is 22.4. The summed E-state index contributed by atoms with van der Waals surface area (Å²) < 4.78 is 53.8. The smallest absolute Gasteiger partial charge is 0.261 e. The Morgan fingerprint density at radius 1 is 1.24 bits per heavy atom. The van der Waals surface area contributed by atoms with Crippen molar-refractivity contribution in [1.29, 1.82) is 0 Å². The minimum Gasteiger partial charge on any atom is -0.349 e. The molecule has 1 aromatic heterocycles. The van der Waals surface area contributed by atoms with Crippen LogP contribution >= 0.6 is 0 Å². The van der Waals surface area contributed by atoms with Gasteiger partial charge in [0.25, 0.3) is 10.0 Å². The van der Waals surface area contributed by atoms with Crippen molar-refractivity contribution in [2.75, 3.05) is 11.4 Å². The number of nitrogens with zero attached hydrogens (tertiary/aromatic N) is 3. The van der Waals surface area contributed by atoms with Gasteiger partial charge in [-0.3, -0.25) is 0 Å². The SMILES string of the molecule is CC1(S(=O)(=O)n2nccc2N2CCC[C@@H]2c2cc(F)ccc2F)CC1. The molecular formula is C17H19F2N3O2S. The molecule has 0 radical (unpaired) electrons. The Kier molecular flexibility index (Phi) is 3.64. The number of hydrogen-bond acceptors (Lipinski definition) is 4. The zero-order valence-electron chi connectivity index (χ0n) is 13.8. The first kappa shape index (κ1) is 16.5. The first-order chi connectivity index (χ1) is 11.8. The summed E-state index contributed by atoms with van der Waals surface area (Å²) in [5.41, 5.74) is 0.250. The molecular weight excluding hydrogens is 348 g/mol. The maximum atomic E-state index is 14.2. The van der Waals surface area contributed by atoms with Crippen molar-refractivity contribution < 1.29 is 17.2 Å². The molecule has 1 atom stereocenters.